The highest BCUT2D eigenvalue weighted by molar-refractivity contribution is 5.85. The van der Waals surface area contributed by atoms with E-state index in [9.17, 15) is 4.79 Å². The molecule has 3 nitrogen and oxygen atoms in total. The zero-order valence-electron chi connectivity index (χ0n) is 16.3. The molecular weight excluding hydrogens is 368 g/mol. The Bertz CT molecular complexity index is 698. The molecule has 2 saturated carbocycles. The van der Waals surface area contributed by atoms with E-state index in [2.05, 4.69) is 53.8 Å². The lowest BCUT2D eigenvalue weighted by molar-refractivity contribution is -0.123. The SMILES string of the molecule is Cl.NC1CC2CCCC(C1)C2NC(=O)CC(c1ccccc1)c1ccccc1. The molecule has 0 saturated heterocycles. The van der Waals surface area contributed by atoms with Crippen molar-refractivity contribution in [2.75, 3.05) is 0 Å². The van der Waals surface area contributed by atoms with Gasteiger partial charge in [0, 0.05) is 24.4 Å². The van der Waals surface area contributed by atoms with Gasteiger partial charge in [0.1, 0.15) is 0 Å². The first-order valence-corrected chi connectivity index (χ1v) is 10.4. The van der Waals surface area contributed by atoms with E-state index in [0.29, 0.717) is 30.3 Å². The molecule has 150 valence electrons. The Hall–Kier alpha value is -1.84. The van der Waals surface area contributed by atoms with Crippen molar-refractivity contribution in [1.29, 1.82) is 0 Å². The monoisotopic (exact) mass is 398 g/mol. The van der Waals surface area contributed by atoms with E-state index in [-0.39, 0.29) is 24.2 Å². The van der Waals surface area contributed by atoms with Gasteiger partial charge in [-0.05, 0) is 48.6 Å². The number of halogens is 1. The Morgan fingerprint density at radius 1 is 0.929 bits per heavy atom. The van der Waals surface area contributed by atoms with E-state index >= 15 is 0 Å². The highest BCUT2D eigenvalue weighted by Gasteiger charge is 2.40. The van der Waals surface area contributed by atoms with Gasteiger partial charge in [0.25, 0.3) is 0 Å². The quantitative estimate of drug-likeness (QED) is 0.769. The average Bonchev–Trinajstić information content (AvgIpc) is 2.68. The molecule has 28 heavy (non-hydrogen) atoms. The smallest absolute Gasteiger partial charge is 0.221 e. The number of fused-ring (bicyclic) bond motifs is 2. The van der Waals surface area contributed by atoms with Gasteiger partial charge < -0.3 is 11.1 Å². The first-order valence-electron chi connectivity index (χ1n) is 10.4. The van der Waals surface area contributed by atoms with Gasteiger partial charge in [-0.1, -0.05) is 67.1 Å². The molecule has 3 N–H and O–H groups in total. The number of rotatable bonds is 5. The van der Waals surface area contributed by atoms with E-state index in [1.54, 1.807) is 0 Å². The Kier molecular flexibility index (Phi) is 7.14. The Balaban J connectivity index is 0.00000225. The molecule has 0 heterocycles. The number of hydrogen-bond donors (Lipinski definition) is 2. The van der Waals surface area contributed by atoms with Crippen molar-refractivity contribution in [3.63, 3.8) is 0 Å². The second kappa shape index (κ2) is 9.58. The van der Waals surface area contributed by atoms with Crippen molar-refractivity contribution >= 4 is 18.3 Å². The minimum Gasteiger partial charge on any atom is -0.353 e. The van der Waals surface area contributed by atoms with E-state index < -0.39 is 0 Å². The summed E-state index contributed by atoms with van der Waals surface area (Å²) in [6.07, 6.45) is 6.30. The molecule has 0 aliphatic heterocycles. The molecule has 4 heteroatoms. The molecule has 2 aliphatic rings. The van der Waals surface area contributed by atoms with Crippen LogP contribution in [0.3, 0.4) is 0 Å². The number of benzene rings is 2. The van der Waals surface area contributed by atoms with Gasteiger partial charge in [-0.3, -0.25) is 4.79 Å². The third-order valence-electron chi connectivity index (χ3n) is 6.50. The normalized spacial score (nSPS) is 26.4. The summed E-state index contributed by atoms with van der Waals surface area (Å²) in [5.74, 6) is 1.38. The predicted molar refractivity (Wildman–Crippen MR) is 117 cm³/mol. The second-order valence-electron chi connectivity index (χ2n) is 8.35. The lowest BCUT2D eigenvalue weighted by Crippen LogP contribution is -2.53. The second-order valence-corrected chi connectivity index (χ2v) is 8.35. The van der Waals surface area contributed by atoms with E-state index in [1.165, 1.54) is 30.4 Å². The summed E-state index contributed by atoms with van der Waals surface area (Å²) in [6.45, 7) is 0. The van der Waals surface area contributed by atoms with Crippen molar-refractivity contribution in [2.24, 2.45) is 17.6 Å². The van der Waals surface area contributed by atoms with Crippen LogP contribution in [-0.4, -0.2) is 18.0 Å². The largest absolute Gasteiger partial charge is 0.353 e. The molecule has 0 radical (unpaired) electrons. The van der Waals surface area contributed by atoms with Crippen molar-refractivity contribution in [3.8, 4) is 0 Å². The van der Waals surface area contributed by atoms with Crippen molar-refractivity contribution < 1.29 is 4.79 Å². The van der Waals surface area contributed by atoms with Crippen LogP contribution >= 0.6 is 12.4 Å². The fourth-order valence-corrected chi connectivity index (χ4v) is 5.25. The van der Waals surface area contributed by atoms with Crippen LogP contribution in [0.5, 0.6) is 0 Å². The van der Waals surface area contributed by atoms with E-state index in [0.717, 1.165) is 12.8 Å². The molecule has 2 bridgehead atoms. The maximum absolute atomic E-state index is 13.0. The number of carbonyl (C=O) groups is 1. The molecule has 2 atom stereocenters. The molecule has 0 aromatic heterocycles. The summed E-state index contributed by atoms with van der Waals surface area (Å²) in [5, 5.41) is 3.42. The molecule has 1 amide bonds. The Labute approximate surface area is 174 Å². The van der Waals surface area contributed by atoms with E-state index in [1.807, 2.05) is 12.1 Å². The molecule has 2 aliphatic carbocycles. The van der Waals surface area contributed by atoms with Crippen molar-refractivity contribution in [1.82, 2.24) is 5.32 Å². The maximum Gasteiger partial charge on any atom is 0.221 e. The summed E-state index contributed by atoms with van der Waals surface area (Å²) >= 11 is 0. The van der Waals surface area contributed by atoms with Gasteiger partial charge in [0.2, 0.25) is 5.91 Å². The Morgan fingerprint density at radius 3 is 1.93 bits per heavy atom. The molecule has 2 unspecified atom stereocenters. The van der Waals surface area contributed by atoms with Gasteiger partial charge in [-0.2, -0.15) is 0 Å². The molecule has 2 aromatic rings. The van der Waals surface area contributed by atoms with Crippen LogP contribution in [0.25, 0.3) is 0 Å². The third-order valence-corrected chi connectivity index (χ3v) is 6.50. The highest BCUT2D eigenvalue weighted by atomic mass is 35.5. The van der Waals surface area contributed by atoms with Crippen LogP contribution < -0.4 is 11.1 Å². The third kappa shape index (κ3) is 4.76. The molecule has 0 spiro atoms. The average molecular weight is 399 g/mol. The van der Waals surface area contributed by atoms with Crippen molar-refractivity contribution in [2.45, 2.75) is 56.5 Å². The van der Waals surface area contributed by atoms with Gasteiger partial charge in [-0.15, -0.1) is 12.4 Å². The highest BCUT2D eigenvalue weighted by Crippen LogP contribution is 2.40. The van der Waals surface area contributed by atoms with Crippen LogP contribution in [0.2, 0.25) is 0 Å². The number of nitrogens with one attached hydrogen (secondary N) is 1. The number of carbonyl (C=O) groups excluding carboxylic acids is 1. The number of amides is 1. The summed E-state index contributed by atoms with van der Waals surface area (Å²) in [7, 11) is 0. The lowest BCUT2D eigenvalue weighted by Gasteiger charge is -2.45. The van der Waals surface area contributed by atoms with Crippen molar-refractivity contribution in [3.05, 3.63) is 71.8 Å². The molecule has 4 rings (SSSR count). The summed E-state index contributed by atoms with van der Waals surface area (Å²) < 4.78 is 0. The van der Waals surface area contributed by atoms with Crippen LogP contribution in [0.1, 0.15) is 55.6 Å². The Morgan fingerprint density at radius 2 is 1.43 bits per heavy atom. The van der Waals surface area contributed by atoms with Crippen LogP contribution in [0.15, 0.2) is 60.7 Å². The zero-order chi connectivity index (χ0) is 18.6. The minimum atomic E-state index is 0. The topological polar surface area (TPSA) is 55.1 Å². The first kappa shape index (κ1) is 20.9. The van der Waals surface area contributed by atoms with Gasteiger partial charge in [0.05, 0.1) is 0 Å². The van der Waals surface area contributed by atoms with E-state index in [4.69, 9.17) is 5.73 Å². The predicted octanol–water partition coefficient (Wildman–Crippen LogP) is 4.65. The zero-order valence-corrected chi connectivity index (χ0v) is 17.1. The van der Waals surface area contributed by atoms with Gasteiger partial charge in [-0.25, -0.2) is 0 Å². The summed E-state index contributed by atoms with van der Waals surface area (Å²) in [6, 6.07) is 21.4. The molecule has 2 aromatic carbocycles. The summed E-state index contributed by atoms with van der Waals surface area (Å²) in [5.41, 5.74) is 8.64. The first-order chi connectivity index (χ1) is 13.2. The number of nitrogens with two attached hydrogens (primary N) is 1. The standard InChI is InChI=1S/C24H30N2O.ClH/c25-21-14-19-12-7-13-20(15-21)24(19)26-23(27)16-22(17-8-3-1-4-9-17)18-10-5-2-6-11-18;/h1-6,8-11,19-22,24H,7,12-16,25H2,(H,26,27);1H. The molecular formula is C24H31ClN2O. The minimum absolute atomic E-state index is 0. The number of hydrogen-bond acceptors (Lipinski definition) is 2. The fraction of sp³-hybridized carbons (Fsp3) is 0.458. The van der Waals surface area contributed by atoms with Gasteiger partial charge in [0.15, 0.2) is 0 Å². The van der Waals surface area contributed by atoms with Crippen LogP contribution in [0, 0.1) is 11.8 Å². The lowest BCUT2D eigenvalue weighted by atomic mass is 9.67. The maximum atomic E-state index is 13.0. The molecule has 2 fully saturated rings. The van der Waals surface area contributed by atoms with Crippen LogP contribution in [-0.2, 0) is 4.79 Å². The van der Waals surface area contributed by atoms with Gasteiger partial charge >= 0.3 is 0 Å². The fourth-order valence-electron chi connectivity index (χ4n) is 5.25. The van der Waals surface area contributed by atoms with Crippen LogP contribution in [0.4, 0.5) is 0 Å². The summed E-state index contributed by atoms with van der Waals surface area (Å²) in [4.78, 5) is 13.0.